The van der Waals surface area contributed by atoms with E-state index in [0.717, 1.165) is 4.90 Å². The van der Waals surface area contributed by atoms with Gasteiger partial charge < -0.3 is 28.1 Å². The first-order valence-electron chi connectivity index (χ1n) is 11.0. The number of fused-ring (bicyclic) bond motifs is 1. The van der Waals surface area contributed by atoms with E-state index in [-0.39, 0.29) is 35.4 Å². The molecule has 0 spiro atoms. The molecule has 0 N–H and O–H groups in total. The molecule has 0 amide bonds. The number of esters is 1. The first kappa shape index (κ1) is 26.3. The highest BCUT2D eigenvalue weighted by Gasteiger charge is 2.23. The summed E-state index contributed by atoms with van der Waals surface area (Å²) in [7, 11) is 2.96. The zero-order valence-electron chi connectivity index (χ0n) is 20.9. The topological polar surface area (TPSA) is 93.4 Å². The van der Waals surface area contributed by atoms with Crippen molar-refractivity contribution in [3.05, 3.63) is 46.6 Å². The average molecular weight is 503 g/mol. The maximum atomic E-state index is 13.0. The van der Waals surface area contributed by atoms with Gasteiger partial charge in [0.05, 0.1) is 25.7 Å². The van der Waals surface area contributed by atoms with Crippen LogP contribution in [0.2, 0.25) is 0 Å². The van der Waals surface area contributed by atoms with Crippen LogP contribution in [-0.2, 0) is 9.53 Å². The number of carbonyl (C=O) groups is 1. The summed E-state index contributed by atoms with van der Waals surface area (Å²) < 4.78 is 33.4. The third-order valence-corrected chi connectivity index (χ3v) is 5.62. The molecular formula is C26H30O8S. The van der Waals surface area contributed by atoms with E-state index in [9.17, 15) is 9.59 Å². The van der Waals surface area contributed by atoms with E-state index in [4.69, 9.17) is 28.1 Å². The molecule has 1 aromatic heterocycles. The van der Waals surface area contributed by atoms with E-state index < -0.39 is 5.41 Å². The lowest BCUT2D eigenvalue weighted by atomic mass is 9.98. The third kappa shape index (κ3) is 6.42. The maximum Gasteiger partial charge on any atom is 0.314 e. The van der Waals surface area contributed by atoms with Gasteiger partial charge in [0.15, 0.2) is 22.0 Å². The van der Waals surface area contributed by atoms with Gasteiger partial charge in [-0.25, -0.2) is 0 Å². The van der Waals surface area contributed by atoms with Gasteiger partial charge in [-0.15, -0.1) is 0 Å². The molecule has 0 fully saturated rings. The van der Waals surface area contributed by atoms with E-state index in [2.05, 4.69) is 0 Å². The predicted octanol–water partition coefficient (Wildman–Crippen LogP) is 5.67. The third-order valence-electron chi connectivity index (χ3n) is 4.71. The minimum atomic E-state index is -0.593. The fourth-order valence-electron chi connectivity index (χ4n) is 3.09. The Hall–Kier alpha value is -3.33. The van der Waals surface area contributed by atoms with Gasteiger partial charge in [0.1, 0.15) is 16.7 Å². The SMILES string of the molecule is COc1c(OC(C)C)cc2oc(Sc3ccc(OCOC(=O)C(C)(C)C)cc3)cc(=O)c2c1OC. The van der Waals surface area contributed by atoms with Crippen molar-refractivity contribution in [2.45, 2.75) is 50.7 Å². The number of rotatable bonds is 9. The molecule has 0 unspecified atom stereocenters. The largest absolute Gasteiger partial charge is 0.492 e. The molecule has 0 radical (unpaired) electrons. The van der Waals surface area contributed by atoms with Crippen LogP contribution in [0.4, 0.5) is 0 Å². The fraction of sp³-hybridized carbons (Fsp3) is 0.385. The minimum absolute atomic E-state index is 0.118. The number of carbonyl (C=O) groups excluding carboxylic acids is 1. The summed E-state index contributed by atoms with van der Waals surface area (Å²) in [6, 6.07) is 10.2. The van der Waals surface area contributed by atoms with Crippen molar-refractivity contribution in [1.82, 2.24) is 0 Å². The Bertz CT molecular complexity index is 1240. The van der Waals surface area contributed by atoms with Crippen LogP contribution >= 0.6 is 11.8 Å². The van der Waals surface area contributed by atoms with Crippen LogP contribution in [0.25, 0.3) is 11.0 Å². The molecule has 188 valence electrons. The fourth-order valence-corrected chi connectivity index (χ4v) is 3.89. The Morgan fingerprint density at radius 2 is 1.69 bits per heavy atom. The Morgan fingerprint density at radius 3 is 2.26 bits per heavy atom. The van der Waals surface area contributed by atoms with Crippen molar-refractivity contribution in [2.75, 3.05) is 21.0 Å². The molecule has 0 saturated carbocycles. The summed E-state index contributed by atoms with van der Waals surface area (Å²) in [6.45, 7) is 8.93. The molecule has 3 aromatic rings. The number of methoxy groups -OCH3 is 2. The molecule has 0 saturated heterocycles. The van der Waals surface area contributed by atoms with Crippen LogP contribution in [0, 0.1) is 5.41 Å². The van der Waals surface area contributed by atoms with E-state index in [1.165, 1.54) is 32.0 Å². The zero-order valence-corrected chi connectivity index (χ0v) is 21.7. The van der Waals surface area contributed by atoms with Gasteiger partial charge in [0.2, 0.25) is 12.5 Å². The van der Waals surface area contributed by atoms with Crippen LogP contribution in [0.1, 0.15) is 34.6 Å². The molecule has 0 aliphatic carbocycles. The van der Waals surface area contributed by atoms with Gasteiger partial charge >= 0.3 is 5.97 Å². The zero-order chi connectivity index (χ0) is 25.8. The summed E-state index contributed by atoms with van der Waals surface area (Å²) in [6.07, 6.45) is -0.118. The monoisotopic (exact) mass is 502 g/mol. The van der Waals surface area contributed by atoms with Crippen LogP contribution in [-0.4, -0.2) is 33.1 Å². The van der Waals surface area contributed by atoms with Gasteiger partial charge in [0, 0.05) is 17.0 Å². The molecule has 9 heteroatoms. The Labute approximate surface area is 208 Å². The van der Waals surface area contributed by atoms with Gasteiger partial charge in [-0.05, 0) is 58.9 Å². The van der Waals surface area contributed by atoms with Crippen LogP contribution in [0.5, 0.6) is 23.0 Å². The first-order chi connectivity index (χ1) is 16.5. The van der Waals surface area contributed by atoms with Gasteiger partial charge in [-0.3, -0.25) is 9.59 Å². The van der Waals surface area contributed by atoms with Gasteiger partial charge in [-0.2, -0.15) is 0 Å². The highest BCUT2D eigenvalue weighted by Crippen LogP contribution is 2.43. The van der Waals surface area contributed by atoms with Crippen LogP contribution < -0.4 is 24.4 Å². The summed E-state index contributed by atoms with van der Waals surface area (Å²) >= 11 is 1.28. The smallest absolute Gasteiger partial charge is 0.314 e. The first-order valence-corrected chi connectivity index (χ1v) is 11.8. The second-order valence-corrected chi connectivity index (χ2v) is 10.0. The molecule has 3 rings (SSSR count). The second-order valence-electron chi connectivity index (χ2n) is 8.93. The lowest BCUT2D eigenvalue weighted by Gasteiger charge is -2.17. The normalized spacial score (nSPS) is 11.4. The Balaban J connectivity index is 1.81. The number of benzene rings is 2. The van der Waals surface area contributed by atoms with Crippen molar-refractivity contribution < 1.29 is 32.9 Å². The van der Waals surface area contributed by atoms with Crippen molar-refractivity contribution >= 4 is 28.7 Å². The molecule has 0 bridgehead atoms. The average Bonchev–Trinajstić information content (AvgIpc) is 2.78. The van der Waals surface area contributed by atoms with E-state index in [1.807, 2.05) is 26.0 Å². The van der Waals surface area contributed by atoms with Crippen LogP contribution in [0.15, 0.2) is 55.6 Å². The number of ether oxygens (including phenoxy) is 5. The molecular weight excluding hydrogens is 472 g/mol. The van der Waals surface area contributed by atoms with Crippen molar-refractivity contribution in [1.29, 1.82) is 0 Å². The molecule has 35 heavy (non-hydrogen) atoms. The van der Waals surface area contributed by atoms with Crippen LogP contribution in [0.3, 0.4) is 0 Å². The quantitative estimate of drug-likeness (QED) is 0.271. The van der Waals surface area contributed by atoms with Crippen molar-refractivity contribution in [3.63, 3.8) is 0 Å². The number of hydrogen-bond acceptors (Lipinski definition) is 9. The lowest BCUT2D eigenvalue weighted by Crippen LogP contribution is -2.24. The molecule has 8 nitrogen and oxygen atoms in total. The van der Waals surface area contributed by atoms with E-state index >= 15 is 0 Å². The van der Waals surface area contributed by atoms with E-state index in [0.29, 0.717) is 27.9 Å². The van der Waals surface area contributed by atoms with E-state index in [1.54, 1.807) is 39.0 Å². The molecule has 0 aliphatic heterocycles. The maximum absolute atomic E-state index is 13.0. The Morgan fingerprint density at radius 1 is 1.03 bits per heavy atom. The second kappa shape index (κ2) is 10.9. The molecule has 0 aliphatic rings. The molecule has 0 atom stereocenters. The summed E-state index contributed by atoms with van der Waals surface area (Å²) in [5.74, 6) is 1.23. The van der Waals surface area contributed by atoms with Gasteiger partial charge in [0.25, 0.3) is 0 Å². The highest BCUT2D eigenvalue weighted by atomic mass is 32.2. The summed E-state index contributed by atoms with van der Waals surface area (Å²) in [5, 5.41) is 0.677. The summed E-state index contributed by atoms with van der Waals surface area (Å²) in [4.78, 5) is 25.6. The molecule has 2 aromatic carbocycles. The highest BCUT2D eigenvalue weighted by molar-refractivity contribution is 7.99. The Kier molecular flexibility index (Phi) is 8.22. The predicted molar refractivity (Wildman–Crippen MR) is 133 cm³/mol. The molecule has 1 heterocycles. The van der Waals surface area contributed by atoms with Crippen molar-refractivity contribution in [2.24, 2.45) is 5.41 Å². The van der Waals surface area contributed by atoms with Gasteiger partial charge in [-0.1, -0.05) is 11.8 Å². The lowest BCUT2D eigenvalue weighted by molar-refractivity contribution is -0.159. The summed E-state index contributed by atoms with van der Waals surface area (Å²) in [5.41, 5.74) is -0.528. The standard InChI is InChI=1S/C26H30O8S/c1-15(2)33-20-13-19-22(24(30-7)23(20)29-6)18(27)12-21(34-19)35-17-10-8-16(9-11-17)31-14-32-25(28)26(3,4)5/h8-13,15H,14H2,1-7H3. The number of hydrogen-bond donors (Lipinski definition) is 0. The minimum Gasteiger partial charge on any atom is -0.492 e. The van der Waals surface area contributed by atoms with Crippen molar-refractivity contribution in [3.8, 4) is 23.0 Å².